The van der Waals surface area contributed by atoms with Gasteiger partial charge in [0.25, 0.3) is 0 Å². The molecule has 0 saturated carbocycles. The number of phenols is 1. The van der Waals surface area contributed by atoms with E-state index in [2.05, 4.69) is 25.2 Å². The maximum Gasteiger partial charge on any atom is 0.115 e. The van der Waals surface area contributed by atoms with Gasteiger partial charge in [-0.2, -0.15) is 0 Å². The van der Waals surface area contributed by atoms with Crippen molar-refractivity contribution in [1.29, 1.82) is 0 Å². The molecule has 0 bridgehead atoms. The Bertz CT molecular complexity index is 360. The van der Waals surface area contributed by atoms with Crippen LogP contribution in [0.4, 0.5) is 0 Å². The fourth-order valence-electron chi connectivity index (χ4n) is 2.61. The molecule has 2 rings (SSSR count). The van der Waals surface area contributed by atoms with Gasteiger partial charge in [-0.05, 0) is 50.8 Å². The number of rotatable bonds is 2. The number of hydrogen-bond acceptors (Lipinski definition) is 2. The number of hydrogen-bond donors (Lipinski definition) is 2. The van der Waals surface area contributed by atoms with Crippen molar-refractivity contribution in [3.05, 3.63) is 29.8 Å². The fraction of sp³-hybridized carbons (Fsp3) is 0.571. The predicted molar refractivity (Wildman–Crippen MR) is 66.7 cm³/mol. The lowest BCUT2D eigenvalue weighted by atomic mass is 9.87. The second-order valence-electron chi connectivity index (χ2n) is 5.49. The Labute approximate surface area is 97.7 Å². The van der Waals surface area contributed by atoms with Crippen LogP contribution in [0.1, 0.15) is 38.7 Å². The van der Waals surface area contributed by atoms with Gasteiger partial charge >= 0.3 is 0 Å². The van der Waals surface area contributed by atoms with Crippen molar-refractivity contribution >= 4 is 0 Å². The van der Waals surface area contributed by atoms with Crippen molar-refractivity contribution in [2.75, 3.05) is 0 Å². The van der Waals surface area contributed by atoms with Crippen LogP contribution in [0.5, 0.6) is 5.75 Å². The highest BCUT2D eigenvalue weighted by Gasteiger charge is 2.26. The molecule has 1 aliphatic heterocycles. The molecule has 1 atom stereocenters. The molecule has 0 amide bonds. The third-order valence-corrected chi connectivity index (χ3v) is 3.34. The molecule has 0 aromatic heterocycles. The topological polar surface area (TPSA) is 32.3 Å². The minimum absolute atomic E-state index is 0.264. The molecule has 1 saturated heterocycles. The average Bonchev–Trinajstić information content (AvgIpc) is 2.15. The molecule has 88 valence electrons. The Morgan fingerprint density at radius 2 is 2.25 bits per heavy atom. The van der Waals surface area contributed by atoms with Crippen LogP contribution in [0.3, 0.4) is 0 Å². The Hall–Kier alpha value is -1.02. The van der Waals surface area contributed by atoms with Crippen molar-refractivity contribution in [2.24, 2.45) is 0 Å². The van der Waals surface area contributed by atoms with Crippen LogP contribution in [0.15, 0.2) is 24.3 Å². The van der Waals surface area contributed by atoms with Crippen molar-refractivity contribution < 1.29 is 5.11 Å². The smallest absolute Gasteiger partial charge is 0.115 e. The second-order valence-corrected chi connectivity index (χ2v) is 5.49. The van der Waals surface area contributed by atoms with E-state index in [1.54, 1.807) is 6.07 Å². The predicted octanol–water partition coefficient (Wildman–Crippen LogP) is 2.86. The number of piperidine rings is 1. The zero-order valence-corrected chi connectivity index (χ0v) is 10.2. The molecule has 2 nitrogen and oxygen atoms in total. The normalized spacial score (nSPS) is 24.2. The SMILES string of the molecule is CC1(C)CCCC(Cc2cccc(O)c2)N1. The first kappa shape index (κ1) is 11.5. The van der Waals surface area contributed by atoms with Crippen LogP contribution in [0, 0.1) is 0 Å². The van der Waals surface area contributed by atoms with E-state index < -0.39 is 0 Å². The molecule has 0 radical (unpaired) electrons. The van der Waals surface area contributed by atoms with Gasteiger partial charge in [0.2, 0.25) is 0 Å². The molecule has 1 heterocycles. The zero-order valence-electron chi connectivity index (χ0n) is 10.2. The van der Waals surface area contributed by atoms with E-state index >= 15 is 0 Å². The molecular formula is C14H21NO. The van der Waals surface area contributed by atoms with Crippen LogP contribution < -0.4 is 5.32 Å². The minimum atomic E-state index is 0.264. The molecule has 1 fully saturated rings. The summed E-state index contributed by atoms with van der Waals surface area (Å²) in [4.78, 5) is 0. The van der Waals surface area contributed by atoms with E-state index in [9.17, 15) is 5.11 Å². The molecule has 2 heteroatoms. The maximum atomic E-state index is 9.42. The number of benzene rings is 1. The van der Waals surface area contributed by atoms with E-state index in [4.69, 9.17) is 0 Å². The van der Waals surface area contributed by atoms with Crippen molar-refractivity contribution in [3.8, 4) is 5.75 Å². The van der Waals surface area contributed by atoms with Gasteiger partial charge < -0.3 is 10.4 Å². The van der Waals surface area contributed by atoms with Crippen LogP contribution in [0.25, 0.3) is 0 Å². The van der Waals surface area contributed by atoms with Gasteiger partial charge in [-0.3, -0.25) is 0 Å². The molecule has 16 heavy (non-hydrogen) atoms. The third kappa shape index (κ3) is 2.99. The van der Waals surface area contributed by atoms with Crippen molar-refractivity contribution in [3.63, 3.8) is 0 Å². The molecule has 2 N–H and O–H groups in total. The number of phenolic OH excluding ortho intramolecular Hbond substituents is 1. The lowest BCUT2D eigenvalue weighted by molar-refractivity contribution is 0.242. The highest BCUT2D eigenvalue weighted by Crippen LogP contribution is 2.24. The average molecular weight is 219 g/mol. The summed E-state index contributed by atoms with van der Waals surface area (Å²) < 4.78 is 0. The highest BCUT2D eigenvalue weighted by molar-refractivity contribution is 5.27. The van der Waals surface area contributed by atoms with Gasteiger partial charge in [0.1, 0.15) is 5.75 Å². The monoisotopic (exact) mass is 219 g/mol. The summed E-state index contributed by atoms with van der Waals surface area (Å²) in [5.41, 5.74) is 1.48. The Kier molecular flexibility index (Phi) is 3.20. The first-order chi connectivity index (χ1) is 7.55. The summed E-state index contributed by atoms with van der Waals surface area (Å²) in [5, 5.41) is 13.1. The largest absolute Gasteiger partial charge is 0.508 e. The Morgan fingerprint density at radius 1 is 1.44 bits per heavy atom. The van der Waals surface area contributed by atoms with E-state index in [0.717, 1.165) is 6.42 Å². The zero-order chi connectivity index (χ0) is 11.6. The summed E-state index contributed by atoms with van der Waals surface area (Å²) >= 11 is 0. The van der Waals surface area contributed by atoms with Crippen molar-refractivity contribution in [2.45, 2.75) is 51.1 Å². The molecule has 0 spiro atoms. The maximum absolute atomic E-state index is 9.42. The standard InChI is InChI=1S/C14H21NO/c1-14(2)8-4-6-12(15-14)9-11-5-3-7-13(16)10-11/h3,5,7,10,12,15-16H,4,6,8-9H2,1-2H3. The molecule has 1 unspecified atom stereocenters. The van der Waals surface area contributed by atoms with Crippen LogP contribution in [-0.4, -0.2) is 16.7 Å². The molecule has 1 aromatic rings. The van der Waals surface area contributed by atoms with Gasteiger partial charge in [-0.15, -0.1) is 0 Å². The quantitative estimate of drug-likeness (QED) is 0.801. The molecule has 1 aliphatic rings. The summed E-state index contributed by atoms with van der Waals surface area (Å²) in [6.45, 7) is 4.53. The first-order valence-corrected chi connectivity index (χ1v) is 6.11. The van der Waals surface area contributed by atoms with Gasteiger partial charge in [-0.1, -0.05) is 18.6 Å². The first-order valence-electron chi connectivity index (χ1n) is 6.11. The lowest BCUT2D eigenvalue weighted by Crippen LogP contribution is -2.50. The number of nitrogens with one attached hydrogen (secondary N) is 1. The summed E-state index contributed by atoms with van der Waals surface area (Å²) in [6.07, 6.45) is 4.80. The van der Waals surface area contributed by atoms with Crippen LogP contribution in [-0.2, 0) is 6.42 Å². The van der Waals surface area contributed by atoms with Crippen LogP contribution in [0.2, 0.25) is 0 Å². The van der Waals surface area contributed by atoms with Crippen LogP contribution >= 0.6 is 0 Å². The minimum Gasteiger partial charge on any atom is -0.508 e. The van der Waals surface area contributed by atoms with Gasteiger partial charge in [-0.25, -0.2) is 0 Å². The van der Waals surface area contributed by atoms with Gasteiger partial charge in [0.05, 0.1) is 0 Å². The Balaban J connectivity index is 1.99. The molecule has 1 aromatic carbocycles. The molecule has 0 aliphatic carbocycles. The highest BCUT2D eigenvalue weighted by atomic mass is 16.3. The van der Waals surface area contributed by atoms with E-state index in [1.165, 1.54) is 24.8 Å². The van der Waals surface area contributed by atoms with E-state index in [0.29, 0.717) is 11.8 Å². The Morgan fingerprint density at radius 3 is 2.94 bits per heavy atom. The lowest BCUT2D eigenvalue weighted by Gasteiger charge is -2.37. The summed E-state index contributed by atoms with van der Waals surface area (Å²) in [5.74, 6) is 0.368. The third-order valence-electron chi connectivity index (χ3n) is 3.34. The summed E-state index contributed by atoms with van der Waals surface area (Å²) in [7, 11) is 0. The van der Waals surface area contributed by atoms with Crippen molar-refractivity contribution in [1.82, 2.24) is 5.32 Å². The van der Waals surface area contributed by atoms with E-state index in [-0.39, 0.29) is 5.54 Å². The summed E-state index contributed by atoms with van der Waals surface area (Å²) in [6, 6.07) is 8.14. The fourth-order valence-corrected chi connectivity index (χ4v) is 2.61. The second kappa shape index (κ2) is 4.46. The molecular weight excluding hydrogens is 198 g/mol. The van der Waals surface area contributed by atoms with Gasteiger partial charge in [0, 0.05) is 11.6 Å². The number of aromatic hydroxyl groups is 1. The van der Waals surface area contributed by atoms with Gasteiger partial charge in [0.15, 0.2) is 0 Å². The van der Waals surface area contributed by atoms with E-state index in [1.807, 2.05) is 12.1 Å².